The van der Waals surface area contributed by atoms with Crippen molar-refractivity contribution in [2.75, 3.05) is 6.61 Å². The van der Waals surface area contributed by atoms with Crippen molar-refractivity contribution >= 4 is 11.6 Å². The van der Waals surface area contributed by atoms with Crippen LogP contribution in [-0.4, -0.2) is 34.5 Å². The van der Waals surface area contributed by atoms with E-state index in [4.69, 9.17) is 9.84 Å². The highest BCUT2D eigenvalue weighted by Gasteiger charge is 2.47. The number of carbonyl (C=O) groups excluding carboxylic acids is 2. The summed E-state index contributed by atoms with van der Waals surface area (Å²) >= 11 is 0. The molecule has 142 valence electrons. The SMILES string of the molecule is CC1=C(C)C(=O)c2c(cc(O)c3c2O[C@H](C)[C@]3(C)/C=C/C=C(\C)CO)C1=O. The first kappa shape index (κ1) is 19.1. The number of aliphatic hydroxyl groups excluding tert-OH is 1. The molecule has 1 aromatic rings. The summed E-state index contributed by atoms with van der Waals surface area (Å²) < 4.78 is 6.01. The Labute approximate surface area is 158 Å². The topological polar surface area (TPSA) is 83.8 Å². The third-order valence-corrected chi connectivity index (χ3v) is 5.73. The van der Waals surface area contributed by atoms with Gasteiger partial charge < -0.3 is 14.9 Å². The van der Waals surface area contributed by atoms with Gasteiger partial charge in [0.2, 0.25) is 0 Å². The molecule has 2 atom stereocenters. The van der Waals surface area contributed by atoms with Gasteiger partial charge in [0, 0.05) is 16.7 Å². The highest BCUT2D eigenvalue weighted by Crippen LogP contribution is 2.52. The van der Waals surface area contributed by atoms with Gasteiger partial charge in [-0.05, 0) is 46.3 Å². The van der Waals surface area contributed by atoms with E-state index in [0.717, 1.165) is 5.57 Å². The fourth-order valence-corrected chi connectivity index (χ4v) is 3.60. The molecular weight excluding hydrogens is 344 g/mol. The fraction of sp³-hybridized carbons (Fsp3) is 0.364. The van der Waals surface area contributed by atoms with E-state index in [1.807, 2.05) is 32.9 Å². The van der Waals surface area contributed by atoms with Crippen molar-refractivity contribution in [3.05, 3.63) is 57.7 Å². The summed E-state index contributed by atoms with van der Waals surface area (Å²) in [7, 11) is 0. The predicted molar refractivity (Wildman–Crippen MR) is 103 cm³/mol. The summed E-state index contributed by atoms with van der Waals surface area (Å²) in [6, 6.07) is 1.38. The normalized spacial score (nSPS) is 25.1. The van der Waals surface area contributed by atoms with Gasteiger partial charge in [0.05, 0.1) is 23.1 Å². The largest absolute Gasteiger partial charge is 0.507 e. The number of aliphatic hydroxyl groups is 1. The molecule has 3 rings (SSSR count). The first-order valence-corrected chi connectivity index (χ1v) is 8.93. The Bertz CT molecular complexity index is 948. The van der Waals surface area contributed by atoms with Crippen LogP contribution in [0.5, 0.6) is 11.5 Å². The minimum atomic E-state index is -0.686. The number of hydrogen-bond acceptors (Lipinski definition) is 5. The summed E-state index contributed by atoms with van der Waals surface area (Å²) in [4.78, 5) is 25.5. The molecule has 0 amide bonds. The lowest BCUT2D eigenvalue weighted by molar-refractivity contribution is 0.0970. The Balaban J connectivity index is 2.21. The first-order valence-electron chi connectivity index (χ1n) is 8.93. The molecule has 0 spiro atoms. The van der Waals surface area contributed by atoms with E-state index >= 15 is 0 Å². The van der Waals surface area contributed by atoms with Gasteiger partial charge in [0.25, 0.3) is 0 Å². The molecular formula is C22H24O5. The number of Topliss-reactive ketones (excluding diaryl/α,β-unsaturated/α-hetero) is 2. The van der Waals surface area contributed by atoms with Gasteiger partial charge in [-0.2, -0.15) is 0 Å². The van der Waals surface area contributed by atoms with Gasteiger partial charge in [-0.15, -0.1) is 0 Å². The average molecular weight is 368 g/mol. The lowest BCUT2D eigenvalue weighted by Crippen LogP contribution is -2.30. The number of allylic oxidation sites excluding steroid dienone is 4. The molecule has 27 heavy (non-hydrogen) atoms. The van der Waals surface area contributed by atoms with Crippen LogP contribution in [0.2, 0.25) is 0 Å². The van der Waals surface area contributed by atoms with Crippen LogP contribution < -0.4 is 4.74 Å². The molecule has 1 aliphatic carbocycles. The van der Waals surface area contributed by atoms with Crippen molar-refractivity contribution in [3.8, 4) is 11.5 Å². The molecule has 1 heterocycles. The van der Waals surface area contributed by atoms with Crippen molar-refractivity contribution < 1.29 is 24.5 Å². The Morgan fingerprint density at radius 2 is 1.89 bits per heavy atom. The summed E-state index contributed by atoms with van der Waals surface area (Å²) in [6.07, 6.45) is 5.13. The van der Waals surface area contributed by atoms with Gasteiger partial charge in [0.1, 0.15) is 17.6 Å². The Hall–Kier alpha value is -2.66. The van der Waals surface area contributed by atoms with Crippen molar-refractivity contribution in [1.82, 2.24) is 0 Å². The minimum Gasteiger partial charge on any atom is -0.507 e. The lowest BCUT2D eigenvalue weighted by Gasteiger charge is -2.25. The maximum absolute atomic E-state index is 12.9. The van der Waals surface area contributed by atoms with E-state index in [2.05, 4.69) is 0 Å². The molecule has 0 aromatic heterocycles. The highest BCUT2D eigenvalue weighted by atomic mass is 16.5. The summed E-state index contributed by atoms with van der Waals surface area (Å²) in [6.45, 7) is 8.81. The summed E-state index contributed by atoms with van der Waals surface area (Å²) in [5, 5.41) is 19.8. The van der Waals surface area contributed by atoms with Gasteiger partial charge >= 0.3 is 0 Å². The highest BCUT2D eigenvalue weighted by molar-refractivity contribution is 6.28. The zero-order chi connectivity index (χ0) is 20.1. The molecule has 2 N–H and O–H groups in total. The summed E-state index contributed by atoms with van der Waals surface area (Å²) in [5.74, 6) is -0.272. The molecule has 1 aliphatic heterocycles. The predicted octanol–water partition coefficient (Wildman–Crippen LogP) is 3.64. The second kappa shape index (κ2) is 6.50. The number of hydrogen-bond donors (Lipinski definition) is 2. The Kier molecular flexibility index (Phi) is 4.60. The van der Waals surface area contributed by atoms with E-state index in [1.54, 1.807) is 19.9 Å². The zero-order valence-electron chi connectivity index (χ0n) is 16.2. The third-order valence-electron chi connectivity index (χ3n) is 5.73. The maximum Gasteiger partial charge on any atom is 0.193 e. The molecule has 0 saturated carbocycles. The van der Waals surface area contributed by atoms with Crippen LogP contribution in [0.4, 0.5) is 0 Å². The minimum absolute atomic E-state index is 0.0377. The van der Waals surface area contributed by atoms with Crippen LogP contribution in [0, 0.1) is 0 Å². The van der Waals surface area contributed by atoms with E-state index in [0.29, 0.717) is 16.7 Å². The average Bonchev–Trinajstić information content (AvgIpc) is 2.89. The van der Waals surface area contributed by atoms with Crippen LogP contribution in [0.25, 0.3) is 0 Å². The van der Waals surface area contributed by atoms with Crippen LogP contribution in [-0.2, 0) is 5.41 Å². The van der Waals surface area contributed by atoms with Gasteiger partial charge in [-0.25, -0.2) is 0 Å². The number of benzene rings is 1. The number of ether oxygens (including phenoxy) is 1. The molecule has 0 unspecified atom stereocenters. The molecule has 0 bridgehead atoms. The van der Waals surface area contributed by atoms with E-state index in [1.165, 1.54) is 6.07 Å². The van der Waals surface area contributed by atoms with E-state index in [-0.39, 0.29) is 46.9 Å². The van der Waals surface area contributed by atoms with Gasteiger partial charge in [0.15, 0.2) is 11.6 Å². The number of phenolic OH excluding ortho intramolecular Hbond substituents is 1. The standard InChI is InChI=1S/C22H24O5/c1-11(10-23)7-6-8-22(5)14(4)27-21-17-15(9-16(24)18(21)22)19(25)12(2)13(3)20(17)26/h6-9,14,23-24H,10H2,1-5H3/b8-6+,11-7+/t14-,22+/m1/s1. The number of fused-ring (bicyclic) bond motifs is 3. The Morgan fingerprint density at radius 3 is 2.52 bits per heavy atom. The third kappa shape index (κ3) is 2.73. The number of phenols is 1. The summed E-state index contributed by atoms with van der Waals surface area (Å²) in [5.41, 5.74) is 1.85. The number of carbonyl (C=O) groups is 2. The quantitative estimate of drug-likeness (QED) is 0.796. The van der Waals surface area contributed by atoms with E-state index in [9.17, 15) is 14.7 Å². The van der Waals surface area contributed by atoms with Gasteiger partial charge in [-0.3, -0.25) is 9.59 Å². The van der Waals surface area contributed by atoms with Crippen molar-refractivity contribution in [2.24, 2.45) is 0 Å². The molecule has 5 heteroatoms. The van der Waals surface area contributed by atoms with Crippen molar-refractivity contribution in [3.63, 3.8) is 0 Å². The zero-order valence-corrected chi connectivity index (χ0v) is 16.2. The van der Waals surface area contributed by atoms with Gasteiger partial charge in [-0.1, -0.05) is 18.2 Å². The number of aromatic hydroxyl groups is 1. The molecule has 0 saturated heterocycles. The number of rotatable bonds is 3. The molecule has 0 radical (unpaired) electrons. The van der Waals surface area contributed by atoms with E-state index < -0.39 is 5.41 Å². The fourth-order valence-electron chi connectivity index (χ4n) is 3.60. The van der Waals surface area contributed by atoms with Crippen LogP contribution in [0.1, 0.15) is 60.9 Å². The molecule has 2 aliphatic rings. The molecule has 5 nitrogen and oxygen atoms in total. The second-order valence-corrected chi connectivity index (χ2v) is 7.50. The monoisotopic (exact) mass is 368 g/mol. The molecule has 1 aromatic carbocycles. The smallest absolute Gasteiger partial charge is 0.193 e. The van der Waals surface area contributed by atoms with Crippen molar-refractivity contribution in [2.45, 2.75) is 46.1 Å². The first-order chi connectivity index (χ1) is 12.6. The second-order valence-electron chi connectivity index (χ2n) is 7.50. The maximum atomic E-state index is 12.9. The van der Waals surface area contributed by atoms with Crippen molar-refractivity contribution in [1.29, 1.82) is 0 Å². The van der Waals surface area contributed by atoms with Crippen LogP contribution >= 0.6 is 0 Å². The number of ketones is 2. The van der Waals surface area contributed by atoms with Crippen LogP contribution in [0.3, 0.4) is 0 Å². The van der Waals surface area contributed by atoms with Crippen LogP contribution in [0.15, 0.2) is 41.0 Å². The molecule has 0 fully saturated rings. The lowest BCUT2D eigenvalue weighted by atomic mass is 9.75. The Morgan fingerprint density at radius 1 is 1.26 bits per heavy atom.